The molecule has 0 aromatic heterocycles. The molecule has 23 heavy (non-hydrogen) atoms. The van der Waals surface area contributed by atoms with Crippen molar-refractivity contribution in [2.75, 3.05) is 0 Å². The summed E-state index contributed by atoms with van der Waals surface area (Å²) in [6, 6.07) is 6.19. The SMILES string of the molecule is [CH2-][P+](c1ccc(OC(F)(F)F)cc1)(C(C)(C)C)C(C)(C)C.[Cl][Pd+]. The third-order valence-corrected chi connectivity index (χ3v) is 9.56. The van der Waals surface area contributed by atoms with Crippen molar-refractivity contribution in [2.45, 2.75) is 58.2 Å². The van der Waals surface area contributed by atoms with Crippen LogP contribution in [0.4, 0.5) is 13.2 Å². The van der Waals surface area contributed by atoms with E-state index in [1.54, 1.807) is 12.1 Å². The molecule has 1 nitrogen and oxygen atoms in total. The zero-order valence-electron chi connectivity index (χ0n) is 14.2. The molecule has 0 saturated carbocycles. The molecule has 0 aliphatic heterocycles. The molecule has 0 aliphatic rings. The van der Waals surface area contributed by atoms with Crippen molar-refractivity contribution in [3.63, 3.8) is 0 Å². The fraction of sp³-hybridized carbons (Fsp3) is 0.562. The summed E-state index contributed by atoms with van der Waals surface area (Å²) in [6.07, 6.45) is -4.66. The molecule has 0 atom stereocenters. The average Bonchev–Trinajstić information content (AvgIpc) is 2.36. The molecular formula is C16H24ClF3OPPd+. The van der Waals surface area contributed by atoms with Gasteiger partial charge in [0.15, 0.2) is 0 Å². The first-order valence-electron chi connectivity index (χ1n) is 6.90. The van der Waals surface area contributed by atoms with Crippen molar-refractivity contribution in [1.29, 1.82) is 0 Å². The predicted molar refractivity (Wildman–Crippen MR) is 90.4 cm³/mol. The molecule has 0 saturated heterocycles. The van der Waals surface area contributed by atoms with E-state index >= 15 is 0 Å². The van der Waals surface area contributed by atoms with Gasteiger partial charge in [-0.1, -0.05) is 7.26 Å². The van der Waals surface area contributed by atoms with Crippen molar-refractivity contribution >= 4 is 22.1 Å². The molecule has 0 amide bonds. The molecule has 1 rings (SSSR count). The standard InChI is InChI=1S/C16H24F3OP.ClH.Pd/c1-14(2,3)21(7,15(4,5)6)13-10-8-12(9-11-13)20-16(17,18)19;;/h8-11H,7H2,1-6H3;1H;/q;;+2/p-1. The molecule has 136 valence electrons. The van der Waals surface area contributed by atoms with Crippen molar-refractivity contribution in [1.82, 2.24) is 0 Å². The first kappa shape index (κ1) is 23.2. The number of rotatable bonds is 2. The zero-order chi connectivity index (χ0) is 18.7. The molecular weight excluding hydrogens is 438 g/mol. The first-order valence-corrected chi connectivity index (χ1v) is 10.9. The summed E-state index contributed by atoms with van der Waals surface area (Å²) in [5.74, 6) is -0.194. The van der Waals surface area contributed by atoms with E-state index in [1.807, 2.05) is 0 Å². The summed E-state index contributed by atoms with van der Waals surface area (Å²) in [5, 5.41) is 0.923. The third kappa shape index (κ3) is 5.89. The summed E-state index contributed by atoms with van der Waals surface area (Å²) in [4.78, 5) is 0. The van der Waals surface area contributed by atoms with Gasteiger partial charge in [-0.2, -0.15) is 6.66 Å². The van der Waals surface area contributed by atoms with Gasteiger partial charge in [-0.15, -0.1) is 13.2 Å². The van der Waals surface area contributed by atoms with Crippen LogP contribution in [-0.4, -0.2) is 16.7 Å². The van der Waals surface area contributed by atoms with Gasteiger partial charge in [-0.25, -0.2) is 0 Å². The molecule has 0 unspecified atom stereocenters. The van der Waals surface area contributed by atoms with E-state index in [0.29, 0.717) is 0 Å². The van der Waals surface area contributed by atoms with Crippen LogP contribution in [-0.2, 0) is 18.2 Å². The molecule has 0 radical (unpaired) electrons. The van der Waals surface area contributed by atoms with E-state index in [9.17, 15) is 13.2 Å². The van der Waals surface area contributed by atoms with Gasteiger partial charge in [0.2, 0.25) is 0 Å². The molecule has 0 bridgehead atoms. The molecule has 1 aromatic carbocycles. The second kappa shape index (κ2) is 8.05. The quantitative estimate of drug-likeness (QED) is 0.285. The van der Waals surface area contributed by atoms with Crippen molar-refractivity contribution in [3.8, 4) is 5.75 Å². The molecule has 0 N–H and O–H groups in total. The maximum atomic E-state index is 12.2. The molecule has 0 spiro atoms. The minimum absolute atomic E-state index is 0.0440. The normalized spacial score (nSPS) is 13.3. The number of halogens is 4. The molecule has 0 heterocycles. The number of ether oxygens (including phenoxy) is 1. The Morgan fingerprint density at radius 3 is 1.52 bits per heavy atom. The van der Waals surface area contributed by atoms with Crippen LogP contribution in [0.1, 0.15) is 41.5 Å². The van der Waals surface area contributed by atoms with Crippen LogP contribution >= 0.6 is 16.8 Å². The van der Waals surface area contributed by atoms with Crippen LogP contribution in [0, 0.1) is 6.66 Å². The van der Waals surface area contributed by atoms with E-state index in [1.165, 1.54) is 12.1 Å². The number of alkyl halides is 3. The van der Waals surface area contributed by atoms with Crippen LogP contribution in [0.3, 0.4) is 0 Å². The van der Waals surface area contributed by atoms with E-state index in [4.69, 9.17) is 0 Å². The van der Waals surface area contributed by atoms with Gasteiger partial charge in [0.05, 0.1) is 15.6 Å². The van der Waals surface area contributed by atoms with E-state index < -0.39 is 13.6 Å². The Bertz CT molecular complexity index is 476. The Hall–Kier alpha value is 0.192. The van der Waals surface area contributed by atoms with Crippen LogP contribution in [0.25, 0.3) is 0 Å². The topological polar surface area (TPSA) is 9.23 Å². The Balaban J connectivity index is 0.00000232. The summed E-state index contributed by atoms with van der Waals surface area (Å²) in [7, 11) is 2.64. The Labute approximate surface area is 153 Å². The summed E-state index contributed by atoms with van der Waals surface area (Å²) < 4.78 is 40.6. The van der Waals surface area contributed by atoms with Crippen LogP contribution in [0.2, 0.25) is 0 Å². The Morgan fingerprint density at radius 2 is 1.26 bits per heavy atom. The predicted octanol–water partition coefficient (Wildman–Crippen LogP) is 6.30. The minimum atomic E-state index is -4.66. The van der Waals surface area contributed by atoms with Gasteiger partial charge < -0.3 is 4.74 Å². The van der Waals surface area contributed by atoms with Crippen LogP contribution in [0.15, 0.2) is 24.3 Å². The monoisotopic (exact) mass is 461 g/mol. The van der Waals surface area contributed by atoms with E-state index in [0.717, 1.165) is 5.30 Å². The third-order valence-electron chi connectivity index (χ3n) is 3.80. The van der Waals surface area contributed by atoms with Gasteiger partial charge in [-0.3, -0.25) is 0 Å². The van der Waals surface area contributed by atoms with Crippen molar-refractivity contribution < 1.29 is 36.1 Å². The van der Waals surface area contributed by atoms with Gasteiger partial charge in [0.25, 0.3) is 0 Å². The zero-order valence-corrected chi connectivity index (χ0v) is 17.4. The first-order chi connectivity index (χ1) is 10.2. The molecule has 1 aromatic rings. The van der Waals surface area contributed by atoms with Crippen LogP contribution < -0.4 is 10.0 Å². The molecule has 7 heteroatoms. The Kier molecular flexibility index (Phi) is 8.11. The number of benzene rings is 1. The van der Waals surface area contributed by atoms with Gasteiger partial charge >= 0.3 is 34.1 Å². The summed E-state index contributed by atoms with van der Waals surface area (Å²) >= 11 is 2.22. The van der Waals surface area contributed by atoms with E-state index in [2.05, 4.69) is 80.7 Å². The Morgan fingerprint density at radius 1 is 0.913 bits per heavy atom. The van der Waals surface area contributed by atoms with Gasteiger partial charge in [0.1, 0.15) is 5.75 Å². The summed E-state index contributed by atoms with van der Waals surface area (Å²) in [5.41, 5.74) is 0. The second-order valence-electron chi connectivity index (χ2n) is 7.19. The summed E-state index contributed by atoms with van der Waals surface area (Å²) in [6.45, 7) is 17.4. The fourth-order valence-electron chi connectivity index (χ4n) is 2.68. The maximum absolute atomic E-state index is 12.2. The molecule has 0 aliphatic carbocycles. The average molecular weight is 462 g/mol. The number of hydrogen-bond donors (Lipinski definition) is 0. The van der Waals surface area contributed by atoms with Gasteiger partial charge in [-0.05, 0) is 65.8 Å². The fourth-order valence-corrected chi connectivity index (χ4v) is 6.90. The van der Waals surface area contributed by atoms with Gasteiger partial charge in [0, 0.05) is 0 Å². The number of hydrogen-bond acceptors (Lipinski definition) is 1. The van der Waals surface area contributed by atoms with Crippen molar-refractivity contribution in [2.24, 2.45) is 0 Å². The second-order valence-corrected chi connectivity index (χ2v) is 12.0. The van der Waals surface area contributed by atoms with E-state index in [-0.39, 0.29) is 16.1 Å². The van der Waals surface area contributed by atoms with Crippen LogP contribution in [0.5, 0.6) is 5.75 Å². The molecule has 0 fully saturated rings. The van der Waals surface area contributed by atoms with Crippen molar-refractivity contribution in [3.05, 3.63) is 30.9 Å².